The fourth-order valence-electron chi connectivity index (χ4n) is 2.56. The summed E-state index contributed by atoms with van der Waals surface area (Å²) in [7, 11) is 1.62. The van der Waals surface area contributed by atoms with Crippen LogP contribution in [0.4, 0.5) is 0 Å². The maximum absolute atomic E-state index is 5.60. The summed E-state index contributed by atoms with van der Waals surface area (Å²) >= 11 is 5.40. The van der Waals surface area contributed by atoms with Crippen molar-refractivity contribution >= 4 is 23.4 Å². The minimum absolute atomic E-state index is 0.354. The van der Waals surface area contributed by atoms with Crippen LogP contribution in [0.1, 0.15) is 25.8 Å². The zero-order valence-electron chi connectivity index (χ0n) is 11.0. The molecule has 102 valence electrons. The number of methoxy groups -OCH3 is 1. The molecule has 0 bridgehead atoms. The van der Waals surface area contributed by atoms with Crippen LogP contribution in [0.25, 0.3) is 11.2 Å². The van der Waals surface area contributed by atoms with Gasteiger partial charge in [0, 0.05) is 18.7 Å². The summed E-state index contributed by atoms with van der Waals surface area (Å²) in [5, 5.41) is 0. The minimum atomic E-state index is 0.354. The average molecular weight is 279 g/mol. The van der Waals surface area contributed by atoms with Gasteiger partial charge in [0.2, 0.25) is 5.88 Å². The third-order valence-electron chi connectivity index (χ3n) is 3.58. The van der Waals surface area contributed by atoms with Crippen LogP contribution in [-0.2, 0) is 4.74 Å². The van der Waals surface area contributed by atoms with Gasteiger partial charge in [0.25, 0.3) is 0 Å². The Balaban J connectivity index is 1.95. The third-order valence-corrected chi connectivity index (χ3v) is 3.88. The van der Waals surface area contributed by atoms with E-state index in [1.807, 2.05) is 19.1 Å². The van der Waals surface area contributed by atoms with E-state index in [-0.39, 0.29) is 0 Å². The molecule has 5 nitrogen and oxygen atoms in total. The molecule has 1 aliphatic rings. The lowest BCUT2D eigenvalue weighted by Crippen LogP contribution is -2.33. The molecule has 6 heteroatoms. The van der Waals surface area contributed by atoms with E-state index in [4.69, 9.17) is 21.7 Å². The van der Waals surface area contributed by atoms with Crippen LogP contribution >= 0.6 is 12.2 Å². The number of pyridine rings is 1. The Morgan fingerprint density at radius 2 is 2.26 bits per heavy atom. The van der Waals surface area contributed by atoms with Crippen molar-refractivity contribution in [1.82, 2.24) is 14.5 Å². The summed E-state index contributed by atoms with van der Waals surface area (Å²) in [6, 6.07) is 4.16. The van der Waals surface area contributed by atoms with Crippen LogP contribution in [-0.4, -0.2) is 34.4 Å². The molecule has 0 spiro atoms. The summed E-state index contributed by atoms with van der Waals surface area (Å²) in [6.07, 6.45) is 2.34. The Hall–Kier alpha value is -1.40. The predicted molar refractivity (Wildman–Crippen MR) is 75.2 cm³/mol. The van der Waals surface area contributed by atoms with Crippen LogP contribution < -0.4 is 4.74 Å². The third kappa shape index (κ3) is 2.15. The highest BCUT2D eigenvalue weighted by Gasteiger charge is 2.32. The zero-order chi connectivity index (χ0) is 13.4. The van der Waals surface area contributed by atoms with Crippen LogP contribution in [0.15, 0.2) is 12.1 Å². The van der Waals surface area contributed by atoms with E-state index < -0.39 is 0 Å². The second-order valence-corrected chi connectivity index (χ2v) is 5.11. The first kappa shape index (κ1) is 12.6. The molecule has 19 heavy (non-hydrogen) atoms. The van der Waals surface area contributed by atoms with Crippen molar-refractivity contribution in [2.75, 3.05) is 13.7 Å². The average Bonchev–Trinajstić information content (AvgIpc) is 2.68. The van der Waals surface area contributed by atoms with Crippen LogP contribution in [0, 0.1) is 4.77 Å². The molecule has 0 amide bonds. The highest BCUT2D eigenvalue weighted by atomic mass is 32.1. The van der Waals surface area contributed by atoms with E-state index >= 15 is 0 Å². The van der Waals surface area contributed by atoms with Crippen molar-refractivity contribution < 1.29 is 9.47 Å². The van der Waals surface area contributed by atoms with E-state index in [2.05, 4.69) is 14.5 Å². The molecule has 0 aliphatic heterocycles. The largest absolute Gasteiger partial charge is 0.481 e. The van der Waals surface area contributed by atoms with E-state index in [0.29, 0.717) is 18.0 Å². The molecular weight excluding hydrogens is 262 g/mol. The van der Waals surface area contributed by atoms with Gasteiger partial charge in [-0.15, -0.1) is 0 Å². The van der Waals surface area contributed by atoms with Gasteiger partial charge < -0.3 is 14.5 Å². The second kappa shape index (κ2) is 4.94. The number of H-pyrrole nitrogens is 1. The molecule has 1 aliphatic carbocycles. The molecule has 2 aromatic rings. The van der Waals surface area contributed by atoms with Crippen molar-refractivity contribution in [2.24, 2.45) is 0 Å². The lowest BCUT2D eigenvalue weighted by Gasteiger charge is -2.35. The maximum atomic E-state index is 5.60. The minimum Gasteiger partial charge on any atom is -0.481 e. The molecule has 2 aromatic heterocycles. The molecule has 0 radical (unpaired) electrons. The van der Waals surface area contributed by atoms with E-state index in [1.165, 1.54) is 0 Å². The molecule has 1 fully saturated rings. The van der Waals surface area contributed by atoms with Gasteiger partial charge in [-0.3, -0.25) is 4.57 Å². The quantitative estimate of drug-likeness (QED) is 0.874. The number of rotatable bonds is 4. The van der Waals surface area contributed by atoms with Gasteiger partial charge in [0.1, 0.15) is 0 Å². The number of ether oxygens (including phenoxy) is 2. The number of aromatic amines is 1. The van der Waals surface area contributed by atoms with Crippen molar-refractivity contribution in [3.05, 3.63) is 16.9 Å². The Bertz CT molecular complexity index is 643. The highest BCUT2D eigenvalue weighted by molar-refractivity contribution is 7.71. The summed E-state index contributed by atoms with van der Waals surface area (Å²) in [4.78, 5) is 7.68. The van der Waals surface area contributed by atoms with Crippen molar-refractivity contribution in [2.45, 2.75) is 31.9 Å². The Labute approximate surface area is 116 Å². The summed E-state index contributed by atoms with van der Waals surface area (Å²) in [6.45, 7) is 2.79. The van der Waals surface area contributed by atoms with Gasteiger partial charge in [-0.25, -0.2) is 0 Å². The Morgan fingerprint density at radius 3 is 2.95 bits per heavy atom. The molecule has 0 saturated heterocycles. The molecule has 2 heterocycles. The van der Waals surface area contributed by atoms with Gasteiger partial charge in [-0.05, 0) is 38.0 Å². The van der Waals surface area contributed by atoms with Crippen molar-refractivity contribution in [3.8, 4) is 5.88 Å². The van der Waals surface area contributed by atoms with Gasteiger partial charge in [0.05, 0.1) is 18.7 Å². The first-order valence-corrected chi connectivity index (χ1v) is 6.90. The van der Waals surface area contributed by atoms with E-state index in [9.17, 15) is 0 Å². The number of nitrogens with zero attached hydrogens (tertiary/aromatic N) is 2. The molecule has 3 rings (SSSR count). The van der Waals surface area contributed by atoms with Crippen LogP contribution in [0.2, 0.25) is 0 Å². The fourth-order valence-corrected chi connectivity index (χ4v) is 2.90. The first-order chi connectivity index (χ1) is 9.22. The summed E-state index contributed by atoms with van der Waals surface area (Å²) in [5.41, 5.74) is 1.81. The van der Waals surface area contributed by atoms with E-state index in [1.54, 1.807) is 7.11 Å². The van der Waals surface area contributed by atoms with Gasteiger partial charge in [0.15, 0.2) is 10.4 Å². The van der Waals surface area contributed by atoms with Gasteiger partial charge in [-0.2, -0.15) is 4.98 Å². The lowest BCUT2D eigenvalue weighted by atomic mass is 9.89. The van der Waals surface area contributed by atoms with Crippen LogP contribution in [0.5, 0.6) is 5.88 Å². The van der Waals surface area contributed by atoms with Crippen LogP contribution in [0.3, 0.4) is 0 Å². The topological polar surface area (TPSA) is 52.1 Å². The van der Waals surface area contributed by atoms with Crippen molar-refractivity contribution in [3.63, 3.8) is 0 Å². The molecule has 0 unspecified atom stereocenters. The molecular formula is C13H17N3O2S. The standard InChI is InChI=1S/C13H17N3O2S/c1-3-18-9-6-8(7-9)16-12-10(14-13(16)19)4-5-11(15-12)17-2/h4-5,8-9H,3,6-7H2,1-2H3,(H,14,19). The number of imidazole rings is 1. The SMILES string of the molecule is CCOC1CC(n2c(=S)[nH]c3ccc(OC)nc32)C1. The number of aromatic nitrogens is 3. The number of fused-ring (bicyclic) bond motifs is 1. The van der Waals surface area contributed by atoms with Gasteiger partial charge >= 0.3 is 0 Å². The maximum Gasteiger partial charge on any atom is 0.215 e. The zero-order valence-corrected chi connectivity index (χ0v) is 11.9. The summed E-state index contributed by atoms with van der Waals surface area (Å²) in [5.74, 6) is 0.607. The van der Waals surface area contributed by atoms with Crippen molar-refractivity contribution in [1.29, 1.82) is 0 Å². The number of hydrogen-bond acceptors (Lipinski definition) is 4. The predicted octanol–water partition coefficient (Wildman–Crippen LogP) is 2.84. The number of hydrogen-bond donors (Lipinski definition) is 1. The first-order valence-electron chi connectivity index (χ1n) is 6.49. The lowest BCUT2D eigenvalue weighted by molar-refractivity contribution is -0.0191. The Kier molecular flexibility index (Phi) is 3.28. The fraction of sp³-hybridized carbons (Fsp3) is 0.538. The monoisotopic (exact) mass is 279 g/mol. The number of nitrogens with one attached hydrogen (secondary N) is 1. The molecule has 1 N–H and O–H groups in total. The molecule has 0 atom stereocenters. The van der Waals surface area contributed by atoms with Gasteiger partial charge in [-0.1, -0.05) is 0 Å². The molecule has 1 saturated carbocycles. The highest BCUT2D eigenvalue weighted by Crippen LogP contribution is 2.36. The smallest absolute Gasteiger partial charge is 0.215 e. The second-order valence-electron chi connectivity index (χ2n) is 4.73. The normalized spacial score (nSPS) is 22.4. The molecule has 0 aromatic carbocycles. The summed E-state index contributed by atoms with van der Waals surface area (Å²) < 4.78 is 13.6. The van der Waals surface area contributed by atoms with E-state index in [0.717, 1.165) is 35.4 Å². The Morgan fingerprint density at radius 1 is 1.47 bits per heavy atom.